The lowest BCUT2D eigenvalue weighted by atomic mass is 9.90. The van der Waals surface area contributed by atoms with E-state index in [1.807, 2.05) is 52.2 Å². The van der Waals surface area contributed by atoms with Crippen molar-refractivity contribution >= 4 is 11.9 Å². The number of amides is 1. The molecule has 2 rings (SSSR count). The maximum atomic E-state index is 13.2. The minimum absolute atomic E-state index is 0.000569. The van der Waals surface area contributed by atoms with Gasteiger partial charge in [0.2, 0.25) is 5.91 Å². The van der Waals surface area contributed by atoms with E-state index in [1.165, 1.54) is 0 Å². The van der Waals surface area contributed by atoms with Gasteiger partial charge in [0.15, 0.2) is 0 Å². The van der Waals surface area contributed by atoms with Crippen molar-refractivity contribution in [3.05, 3.63) is 48.0 Å². The number of ether oxygens (including phenoxy) is 1. The fraction of sp³-hybridized carbons (Fsp3) is 0.565. The van der Waals surface area contributed by atoms with E-state index in [0.717, 1.165) is 6.42 Å². The lowest BCUT2D eigenvalue weighted by molar-refractivity contribution is -0.132. The van der Waals surface area contributed by atoms with Crippen molar-refractivity contribution in [1.29, 1.82) is 0 Å². The fourth-order valence-electron chi connectivity index (χ4n) is 4.24. The molecule has 0 spiro atoms. The molecular formula is C23H34N2O3. The minimum atomic E-state index is -0.531. The van der Waals surface area contributed by atoms with Crippen molar-refractivity contribution < 1.29 is 14.3 Å². The van der Waals surface area contributed by atoms with Crippen LogP contribution in [0.1, 0.15) is 51.4 Å². The van der Waals surface area contributed by atoms with Crippen LogP contribution in [0, 0.1) is 11.3 Å². The van der Waals surface area contributed by atoms with E-state index in [4.69, 9.17) is 4.74 Å². The van der Waals surface area contributed by atoms with Crippen LogP contribution >= 0.6 is 0 Å². The van der Waals surface area contributed by atoms with E-state index < -0.39 is 12.1 Å². The monoisotopic (exact) mass is 386 g/mol. The molecule has 0 aromatic heterocycles. The van der Waals surface area contributed by atoms with Crippen molar-refractivity contribution in [3.8, 4) is 0 Å². The van der Waals surface area contributed by atoms with Crippen LogP contribution in [0.25, 0.3) is 0 Å². The maximum Gasteiger partial charge on any atom is 0.338 e. The summed E-state index contributed by atoms with van der Waals surface area (Å²) < 4.78 is 5.97. The molecule has 154 valence electrons. The van der Waals surface area contributed by atoms with Gasteiger partial charge in [0.1, 0.15) is 12.1 Å². The number of carbonyl (C=O) groups is 2. The second-order valence-corrected chi connectivity index (χ2v) is 8.82. The summed E-state index contributed by atoms with van der Waals surface area (Å²) in [5, 5.41) is 0. The first-order valence-electron chi connectivity index (χ1n) is 9.95. The first-order chi connectivity index (χ1) is 13.1. The van der Waals surface area contributed by atoms with Crippen LogP contribution in [-0.4, -0.2) is 54.1 Å². The highest BCUT2D eigenvalue weighted by Gasteiger charge is 2.52. The molecule has 1 aromatic carbocycles. The highest BCUT2D eigenvalue weighted by molar-refractivity contribution is 5.90. The van der Waals surface area contributed by atoms with E-state index in [9.17, 15) is 9.59 Å². The molecule has 0 aliphatic carbocycles. The lowest BCUT2D eigenvalue weighted by Crippen LogP contribution is -2.50. The molecule has 1 fully saturated rings. The standard InChI is InChI=1S/C23H34N2O3/c1-8-9-13-16(2)19(28-21(27)17-14-11-10-12-15-17)18-20(26)25(7)22(24(18)6)23(3,4)5/h8-12,14-16,18-19,22H,13H2,1-7H3/b9-8+/t16-,18+,19-,22-/m1/s1. The summed E-state index contributed by atoms with van der Waals surface area (Å²) in [4.78, 5) is 29.8. The van der Waals surface area contributed by atoms with Gasteiger partial charge in [-0.25, -0.2) is 4.79 Å². The Morgan fingerprint density at radius 3 is 2.32 bits per heavy atom. The van der Waals surface area contributed by atoms with Crippen molar-refractivity contribution in [2.45, 2.75) is 59.4 Å². The van der Waals surface area contributed by atoms with E-state index in [-0.39, 0.29) is 29.4 Å². The average Bonchev–Trinajstić information content (AvgIpc) is 2.87. The minimum Gasteiger partial charge on any atom is -0.456 e. The highest BCUT2D eigenvalue weighted by Crippen LogP contribution is 2.36. The van der Waals surface area contributed by atoms with E-state index in [2.05, 4.69) is 31.7 Å². The number of benzene rings is 1. The Hall–Kier alpha value is -2.14. The summed E-state index contributed by atoms with van der Waals surface area (Å²) in [6.45, 7) is 10.4. The molecule has 5 nitrogen and oxygen atoms in total. The SMILES string of the molecule is C/C=C/C[C@@H](C)[C@@H](OC(=O)c1ccccc1)[C@H]1C(=O)N(C)[C@H](C(C)(C)C)N1C. The predicted octanol–water partition coefficient (Wildman–Crippen LogP) is 3.96. The van der Waals surface area contributed by atoms with Crippen LogP contribution in [0.3, 0.4) is 0 Å². The molecule has 1 aliphatic heterocycles. The van der Waals surface area contributed by atoms with E-state index >= 15 is 0 Å². The largest absolute Gasteiger partial charge is 0.456 e. The molecule has 1 aliphatic rings. The molecule has 1 amide bonds. The van der Waals surface area contributed by atoms with Gasteiger partial charge >= 0.3 is 5.97 Å². The number of carbonyl (C=O) groups excluding carboxylic acids is 2. The summed E-state index contributed by atoms with van der Waals surface area (Å²) in [6, 6.07) is 8.46. The molecule has 4 atom stereocenters. The fourth-order valence-corrected chi connectivity index (χ4v) is 4.24. The second kappa shape index (κ2) is 8.91. The highest BCUT2D eigenvalue weighted by atomic mass is 16.5. The Bertz CT molecular complexity index is 708. The summed E-state index contributed by atoms with van der Waals surface area (Å²) in [6.07, 6.45) is 4.19. The Balaban J connectivity index is 2.35. The molecule has 1 saturated heterocycles. The molecule has 0 unspecified atom stereocenters. The molecule has 1 aromatic rings. The molecule has 1 heterocycles. The van der Waals surface area contributed by atoms with Gasteiger partial charge < -0.3 is 9.64 Å². The number of allylic oxidation sites excluding steroid dienone is 2. The van der Waals surface area contributed by atoms with E-state index in [1.54, 1.807) is 17.0 Å². The molecule has 28 heavy (non-hydrogen) atoms. The molecule has 0 radical (unpaired) electrons. The van der Waals surface area contributed by atoms with Crippen LogP contribution in [0.4, 0.5) is 0 Å². The number of esters is 1. The van der Waals surface area contributed by atoms with Crippen molar-refractivity contribution in [2.24, 2.45) is 11.3 Å². The summed E-state index contributed by atoms with van der Waals surface area (Å²) >= 11 is 0. The Kier molecular flexibility index (Phi) is 7.05. The number of nitrogens with zero attached hydrogens (tertiary/aromatic N) is 2. The summed E-state index contributed by atoms with van der Waals surface area (Å²) in [7, 11) is 3.79. The van der Waals surface area contributed by atoms with Gasteiger partial charge in [-0.15, -0.1) is 0 Å². The Labute approximate surface area is 169 Å². The second-order valence-electron chi connectivity index (χ2n) is 8.82. The van der Waals surface area contributed by atoms with Crippen LogP contribution in [0.15, 0.2) is 42.5 Å². The molecule has 0 saturated carbocycles. The maximum absolute atomic E-state index is 13.2. The first-order valence-corrected chi connectivity index (χ1v) is 9.95. The first kappa shape index (κ1) is 22.2. The van der Waals surface area contributed by atoms with Gasteiger partial charge in [0, 0.05) is 7.05 Å². The summed E-state index contributed by atoms with van der Waals surface area (Å²) in [5.74, 6) is -0.381. The molecule has 0 N–H and O–H groups in total. The topological polar surface area (TPSA) is 49.9 Å². The van der Waals surface area contributed by atoms with Crippen LogP contribution < -0.4 is 0 Å². The smallest absolute Gasteiger partial charge is 0.338 e. The van der Waals surface area contributed by atoms with Gasteiger partial charge in [0.25, 0.3) is 0 Å². The molecule has 0 bridgehead atoms. The van der Waals surface area contributed by atoms with Gasteiger partial charge in [-0.3, -0.25) is 9.69 Å². The third-order valence-corrected chi connectivity index (χ3v) is 5.43. The zero-order valence-corrected chi connectivity index (χ0v) is 18.2. The number of hydrogen-bond donors (Lipinski definition) is 0. The van der Waals surface area contributed by atoms with Gasteiger partial charge in [0.05, 0.1) is 11.7 Å². The van der Waals surface area contributed by atoms with Gasteiger partial charge in [-0.1, -0.05) is 58.0 Å². The number of rotatable bonds is 6. The van der Waals surface area contributed by atoms with Crippen LogP contribution in [-0.2, 0) is 9.53 Å². The number of likely N-dealkylation sites (N-methyl/N-ethyl adjacent to an activating group) is 2. The Morgan fingerprint density at radius 1 is 1.21 bits per heavy atom. The third kappa shape index (κ3) is 4.64. The average molecular weight is 387 g/mol. The Morgan fingerprint density at radius 2 is 1.82 bits per heavy atom. The normalized spacial score (nSPS) is 23.2. The van der Waals surface area contributed by atoms with Crippen molar-refractivity contribution in [3.63, 3.8) is 0 Å². The van der Waals surface area contributed by atoms with Gasteiger partial charge in [-0.05, 0) is 43.9 Å². The zero-order chi connectivity index (χ0) is 21.1. The van der Waals surface area contributed by atoms with Gasteiger partial charge in [-0.2, -0.15) is 0 Å². The molecule has 5 heteroatoms. The van der Waals surface area contributed by atoms with Crippen molar-refractivity contribution in [1.82, 2.24) is 9.80 Å². The number of hydrogen-bond acceptors (Lipinski definition) is 4. The zero-order valence-electron chi connectivity index (χ0n) is 18.2. The summed E-state index contributed by atoms with van der Waals surface area (Å²) in [5.41, 5.74) is 0.383. The molecular weight excluding hydrogens is 352 g/mol. The third-order valence-electron chi connectivity index (χ3n) is 5.43. The van der Waals surface area contributed by atoms with Crippen LogP contribution in [0.2, 0.25) is 0 Å². The van der Waals surface area contributed by atoms with E-state index in [0.29, 0.717) is 5.56 Å². The quantitative estimate of drug-likeness (QED) is 0.548. The lowest BCUT2D eigenvalue weighted by Gasteiger charge is -2.38. The van der Waals surface area contributed by atoms with Crippen LogP contribution in [0.5, 0.6) is 0 Å². The van der Waals surface area contributed by atoms with Crippen molar-refractivity contribution in [2.75, 3.05) is 14.1 Å². The predicted molar refractivity (Wildman–Crippen MR) is 112 cm³/mol.